The Labute approximate surface area is 120 Å². The second-order valence-corrected chi connectivity index (χ2v) is 6.62. The minimum Gasteiger partial charge on any atom is -0.396 e. The molecule has 2 heterocycles. The second kappa shape index (κ2) is 6.02. The molecule has 0 aliphatic heterocycles. The molecule has 0 fully saturated rings. The summed E-state index contributed by atoms with van der Waals surface area (Å²) in [4.78, 5) is 13.0. The maximum Gasteiger partial charge on any atom is 0.176 e. The summed E-state index contributed by atoms with van der Waals surface area (Å²) in [6.45, 7) is 4.35. The third-order valence-corrected chi connectivity index (χ3v) is 5.25. The average Bonchev–Trinajstić information content (AvgIpc) is 2.83. The van der Waals surface area contributed by atoms with Crippen molar-refractivity contribution in [2.75, 3.05) is 18.2 Å². The van der Waals surface area contributed by atoms with Gasteiger partial charge in [-0.25, -0.2) is 15.0 Å². The lowest BCUT2D eigenvalue weighted by Crippen LogP contribution is -2.35. The number of aliphatic hydroxyl groups is 1. The summed E-state index contributed by atoms with van der Waals surface area (Å²) in [5, 5.41) is 12.6. The monoisotopic (exact) mass is 298 g/mol. The van der Waals surface area contributed by atoms with Gasteiger partial charge >= 0.3 is 0 Å². The number of hydrogen-bond acceptors (Lipinski definition) is 7. The SMILES string of the molecule is CCC(C)(CCO)Nc1ncnc2nc(SC)sc12. The number of rotatable bonds is 6. The fourth-order valence-electron chi connectivity index (χ4n) is 1.77. The summed E-state index contributed by atoms with van der Waals surface area (Å²) in [6.07, 6.45) is 5.13. The molecule has 0 saturated heterocycles. The number of thiazole rings is 1. The van der Waals surface area contributed by atoms with Crippen molar-refractivity contribution in [3.05, 3.63) is 6.33 Å². The van der Waals surface area contributed by atoms with E-state index in [1.165, 1.54) is 6.33 Å². The van der Waals surface area contributed by atoms with E-state index in [1.54, 1.807) is 23.1 Å². The van der Waals surface area contributed by atoms with Gasteiger partial charge in [-0.05, 0) is 26.0 Å². The zero-order chi connectivity index (χ0) is 13.9. The third kappa shape index (κ3) is 3.16. The van der Waals surface area contributed by atoms with Crippen LogP contribution in [0.25, 0.3) is 10.3 Å². The van der Waals surface area contributed by atoms with Gasteiger partial charge in [0.15, 0.2) is 9.99 Å². The van der Waals surface area contributed by atoms with Gasteiger partial charge in [0.05, 0.1) is 0 Å². The van der Waals surface area contributed by atoms with Crippen LogP contribution in [0.5, 0.6) is 0 Å². The largest absolute Gasteiger partial charge is 0.396 e. The number of aromatic nitrogens is 3. The lowest BCUT2D eigenvalue weighted by molar-refractivity contribution is 0.252. The van der Waals surface area contributed by atoms with Crippen LogP contribution in [0.2, 0.25) is 0 Å². The molecule has 0 amide bonds. The molecule has 0 spiro atoms. The summed E-state index contributed by atoms with van der Waals surface area (Å²) in [5.41, 5.74) is 0.564. The van der Waals surface area contributed by atoms with Crippen LogP contribution in [0.15, 0.2) is 10.7 Å². The van der Waals surface area contributed by atoms with Crippen LogP contribution in [-0.2, 0) is 0 Å². The molecule has 0 radical (unpaired) electrons. The van der Waals surface area contributed by atoms with E-state index < -0.39 is 0 Å². The Morgan fingerprint density at radius 1 is 1.47 bits per heavy atom. The lowest BCUT2D eigenvalue weighted by Gasteiger charge is -2.29. The van der Waals surface area contributed by atoms with Crippen molar-refractivity contribution in [1.29, 1.82) is 0 Å². The number of aliphatic hydroxyl groups excluding tert-OH is 1. The standard InChI is InChI=1S/C12H18N4OS2/c1-4-12(2,5-6-17)16-10-8-9(13-7-14-10)15-11(18-3)19-8/h7,17H,4-6H2,1-3H3,(H,13,14,16). The highest BCUT2D eigenvalue weighted by Gasteiger charge is 2.23. The Morgan fingerprint density at radius 2 is 2.26 bits per heavy atom. The van der Waals surface area contributed by atoms with Crippen LogP contribution >= 0.6 is 23.1 Å². The first-order chi connectivity index (χ1) is 9.11. The number of nitrogens with one attached hydrogen (secondary N) is 1. The Morgan fingerprint density at radius 3 is 2.89 bits per heavy atom. The predicted molar refractivity (Wildman–Crippen MR) is 81.0 cm³/mol. The summed E-state index contributed by atoms with van der Waals surface area (Å²) in [7, 11) is 0. The average molecular weight is 298 g/mol. The molecule has 7 heteroatoms. The molecule has 0 aromatic carbocycles. The topological polar surface area (TPSA) is 70.9 Å². The van der Waals surface area contributed by atoms with Crippen molar-refractivity contribution in [1.82, 2.24) is 15.0 Å². The molecule has 0 bridgehead atoms. The molecule has 2 aromatic heterocycles. The van der Waals surface area contributed by atoms with Crippen molar-refractivity contribution in [2.45, 2.75) is 36.6 Å². The summed E-state index contributed by atoms with van der Waals surface area (Å²) in [6, 6.07) is 0. The van der Waals surface area contributed by atoms with Gasteiger partial charge in [-0.2, -0.15) is 0 Å². The molecule has 1 unspecified atom stereocenters. The van der Waals surface area contributed by atoms with Gasteiger partial charge in [0.25, 0.3) is 0 Å². The van der Waals surface area contributed by atoms with Gasteiger partial charge in [-0.15, -0.1) is 11.3 Å². The van der Waals surface area contributed by atoms with E-state index in [4.69, 9.17) is 0 Å². The van der Waals surface area contributed by atoms with E-state index in [-0.39, 0.29) is 12.1 Å². The highest BCUT2D eigenvalue weighted by molar-refractivity contribution is 8.00. The van der Waals surface area contributed by atoms with Gasteiger partial charge in [-0.3, -0.25) is 0 Å². The Hall–Kier alpha value is -0.920. The highest BCUT2D eigenvalue weighted by atomic mass is 32.2. The van der Waals surface area contributed by atoms with Crippen LogP contribution in [0.4, 0.5) is 5.82 Å². The van der Waals surface area contributed by atoms with Crippen LogP contribution in [-0.4, -0.2) is 38.5 Å². The fourth-order valence-corrected chi connectivity index (χ4v) is 3.23. The smallest absolute Gasteiger partial charge is 0.176 e. The molecular weight excluding hydrogens is 280 g/mol. The van der Waals surface area contributed by atoms with Crippen LogP contribution in [0.1, 0.15) is 26.7 Å². The molecule has 2 N–H and O–H groups in total. The van der Waals surface area contributed by atoms with Crippen molar-refractivity contribution in [2.24, 2.45) is 0 Å². The summed E-state index contributed by atoms with van der Waals surface area (Å²) in [5.74, 6) is 0.806. The Kier molecular flexibility index (Phi) is 4.59. The normalized spacial score (nSPS) is 14.5. The predicted octanol–water partition coefficient (Wildman–Crippen LogP) is 2.77. The van der Waals surface area contributed by atoms with E-state index in [1.807, 2.05) is 6.26 Å². The zero-order valence-electron chi connectivity index (χ0n) is 11.3. The number of anilines is 1. The molecule has 2 aromatic rings. The molecule has 0 aliphatic rings. The van der Waals surface area contributed by atoms with Gasteiger partial charge in [0.1, 0.15) is 16.8 Å². The minimum atomic E-state index is -0.167. The maximum atomic E-state index is 9.18. The molecular formula is C12H18N4OS2. The third-order valence-electron chi connectivity index (χ3n) is 3.21. The first-order valence-electron chi connectivity index (χ1n) is 6.16. The minimum absolute atomic E-state index is 0.157. The van der Waals surface area contributed by atoms with Crippen LogP contribution in [0, 0.1) is 0 Å². The number of hydrogen-bond donors (Lipinski definition) is 2. The lowest BCUT2D eigenvalue weighted by atomic mass is 9.95. The van der Waals surface area contributed by atoms with Gasteiger partial charge in [0, 0.05) is 12.1 Å². The number of thioether (sulfide) groups is 1. The molecule has 104 valence electrons. The van der Waals surface area contributed by atoms with Crippen molar-refractivity contribution in [3.63, 3.8) is 0 Å². The Bertz CT molecular complexity index is 560. The Balaban J connectivity index is 2.36. The summed E-state index contributed by atoms with van der Waals surface area (Å²) >= 11 is 3.20. The first kappa shape index (κ1) is 14.5. The molecule has 0 aliphatic carbocycles. The molecule has 19 heavy (non-hydrogen) atoms. The van der Waals surface area contributed by atoms with Gasteiger partial charge < -0.3 is 10.4 Å². The first-order valence-corrected chi connectivity index (χ1v) is 8.20. The quantitative estimate of drug-likeness (QED) is 0.799. The van der Waals surface area contributed by atoms with Crippen molar-refractivity contribution >= 4 is 39.3 Å². The van der Waals surface area contributed by atoms with Gasteiger partial charge in [0.2, 0.25) is 0 Å². The summed E-state index contributed by atoms with van der Waals surface area (Å²) < 4.78 is 1.96. The van der Waals surface area contributed by atoms with E-state index >= 15 is 0 Å². The van der Waals surface area contributed by atoms with Gasteiger partial charge in [-0.1, -0.05) is 18.7 Å². The van der Waals surface area contributed by atoms with Crippen LogP contribution < -0.4 is 5.32 Å². The number of fused-ring (bicyclic) bond motifs is 1. The van der Waals surface area contributed by atoms with E-state index in [9.17, 15) is 5.11 Å². The number of nitrogens with zero attached hydrogens (tertiary/aromatic N) is 3. The van der Waals surface area contributed by atoms with E-state index in [0.29, 0.717) is 6.42 Å². The molecule has 1 atom stereocenters. The fraction of sp³-hybridized carbons (Fsp3) is 0.583. The molecule has 2 rings (SSSR count). The molecule has 0 saturated carbocycles. The highest BCUT2D eigenvalue weighted by Crippen LogP contribution is 2.33. The van der Waals surface area contributed by atoms with Crippen molar-refractivity contribution < 1.29 is 5.11 Å². The molecule has 5 nitrogen and oxygen atoms in total. The second-order valence-electron chi connectivity index (χ2n) is 4.57. The van der Waals surface area contributed by atoms with Crippen LogP contribution in [0.3, 0.4) is 0 Å². The zero-order valence-corrected chi connectivity index (χ0v) is 12.9. The van der Waals surface area contributed by atoms with Crippen molar-refractivity contribution in [3.8, 4) is 0 Å². The van der Waals surface area contributed by atoms with E-state index in [2.05, 4.69) is 34.1 Å². The maximum absolute atomic E-state index is 9.18. The van der Waals surface area contributed by atoms with E-state index in [0.717, 1.165) is 26.9 Å².